The molecular weight excluding hydrogens is 447 g/mol. The van der Waals surface area contributed by atoms with E-state index in [1.165, 1.54) is 0 Å². The molecule has 2 aromatic rings. The molecule has 0 aliphatic heterocycles. The number of benzene rings is 2. The minimum Gasteiger partial charge on any atom is -0.394 e. The number of hydrogen-bond donors (Lipinski definition) is 4. The summed E-state index contributed by atoms with van der Waals surface area (Å²) in [7, 11) is 0. The molecule has 0 spiro atoms. The van der Waals surface area contributed by atoms with Crippen LogP contribution < -0.4 is 11.1 Å². The highest BCUT2D eigenvalue weighted by molar-refractivity contribution is 6.30. The van der Waals surface area contributed by atoms with Gasteiger partial charge in [-0.2, -0.15) is 0 Å². The lowest BCUT2D eigenvalue weighted by Crippen LogP contribution is -2.58. The smallest absolute Gasteiger partial charge is 0.240 e. The van der Waals surface area contributed by atoms with Crippen molar-refractivity contribution in [2.24, 2.45) is 11.7 Å². The number of nitrogens with two attached hydrogens (primary N) is 1. The number of amides is 1. The van der Waals surface area contributed by atoms with E-state index in [-0.39, 0.29) is 25.4 Å². The van der Waals surface area contributed by atoms with Gasteiger partial charge in [0.1, 0.15) is 0 Å². The van der Waals surface area contributed by atoms with Crippen molar-refractivity contribution in [3.05, 3.63) is 82.4 Å². The molecule has 2 aromatic carbocycles. The van der Waals surface area contributed by atoms with Gasteiger partial charge in [-0.05, 0) is 54.2 Å². The Morgan fingerprint density at radius 1 is 1.16 bits per heavy atom. The largest absolute Gasteiger partial charge is 0.394 e. The number of rotatable bonds is 11. The first-order valence-electron chi connectivity index (χ1n) is 10.6. The van der Waals surface area contributed by atoms with E-state index < -0.39 is 29.5 Å². The summed E-state index contributed by atoms with van der Waals surface area (Å²) in [6.07, 6.45) is 0.960. The van der Waals surface area contributed by atoms with Gasteiger partial charge in [0.25, 0.3) is 0 Å². The fourth-order valence-corrected chi connectivity index (χ4v) is 4.02. The van der Waals surface area contributed by atoms with Crippen LogP contribution in [-0.2, 0) is 4.79 Å². The molecule has 0 saturated carbocycles. The van der Waals surface area contributed by atoms with E-state index in [4.69, 9.17) is 28.9 Å². The lowest BCUT2D eigenvalue weighted by Gasteiger charge is -2.35. The first-order chi connectivity index (χ1) is 15.1. The molecule has 0 radical (unpaired) electrons. The van der Waals surface area contributed by atoms with Gasteiger partial charge >= 0.3 is 0 Å². The summed E-state index contributed by atoms with van der Waals surface area (Å²) in [6, 6.07) is 13.6. The molecule has 1 unspecified atom stereocenters. The lowest BCUT2D eigenvalue weighted by molar-refractivity contribution is -0.128. The minimum atomic E-state index is -1.36. The molecule has 32 heavy (non-hydrogen) atoms. The van der Waals surface area contributed by atoms with Crippen LogP contribution in [0.25, 0.3) is 0 Å². The highest BCUT2D eigenvalue weighted by atomic mass is 35.5. The lowest BCUT2D eigenvalue weighted by atomic mass is 9.77. The first-order valence-corrected chi connectivity index (χ1v) is 11.4. The van der Waals surface area contributed by atoms with E-state index in [9.17, 15) is 15.0 Å². The van der Waals surface area contributed by atoms with Gasteiger partial charge in [-0.1, -0.05) is 67.4 Å². The van der Waals surface area contributed by atoms with Crippen LogP contribution >= 0.6 is 23.2 Å². The fraction of sp³-hybridized carbons (Fsp3) is 0.400. The van der Waals surface area contributed by atoms with Crippen LogP contribution in [0, 0.1) is 5.92 Å². The molecule has 0 aliphatic carbocycles. The summed E-state index contributed by atoms with van der Waals surface area (Å²) in [6.45, 7) is 7.38. The molecule has 0 fully saturated rings. The quantitative estimate of drug-likeness (QED) is 0.354. The average molecular weight is 479 g/mol. The Bertz CT molecular complexity index is 904. The number of hydrogen-bond acceptors (Lipinski definition) is 4. The van der Waals surface area contributed by atoms with Crippen LogP contribution in [0.2, 0.25) is 10.0 Å². The Morgan fingerprint density at radius 3 is 2.34 bits per heavy atom. The zero-order chi connectivity index (χ0) is 23.9. The van der Waals surface area contributed by atoms with Crippen molar-refractivity contribution in [2.45, 2.75) is 50.3 Å². The second-order valence-corrected chi connectivity index (χ2v) is 9.39. The van der Waals surface area contributed by atoms with E-state index in [0.29, 0.717) is 15.6 Å². The van der Waals surface area contributed by atoms with Gasteiger partial charge in [-0.3, -0.25) is 4.79 Å². The third-order valence-corrected chi connectivity index (χ3v) is 6.22. The highest BCUT2D eigenvalue weighted by Crippen LogP contribution is 2.39. The minimum absolute atomic E-state index is 0.0281. The number of aliphatic hydroxyl groups excluding tert-OH is 2. The molecule has 1 amide bonds. The zero-order valence-corrected chi connectivity index (χ0v) is 20.0. The van der Waals surface area contributed by atoms with Crippen molar-refractivity contribution in [1.29, 1.82) is 0 Å². The summed E-state index contributed by atoms with van der Waals surface area (Å²) in [5.74, 6) is -0.905. The van der Waals surface area contributed by atoms with Crippen molar-refractivity contribution >= 4 is 29.1 Å². The van der Waals surface area contributed by atoms with E-state index >= 15 is 0 Å². The average Bonchev–Trinajstić information content (AvgIpc) is 2.75. The molecule has 0 aromatic heterocycles. The highest BCUT2D eigenvalue weighted by Gasteiger charge is 2.39. The van der Waals surface area contributed by atoms with Crippen LogP contribution in [0.3, 0.4) is 0 Å². The van der Waals surface area contributed by atoms with Gasteiger partial charge in [-0.25, -0.2) is 0 Å². The third kappa shape index (κ3) is 6.80. The van der Waals surface area contributed by atoms with Crippen molar-refractivity contribution in [3.63, 3.8) is 0 Å². The van der Waals surface area contributed by atoms with Crippen LogP contribution in [0.4, 0.5) is 0 Å². The zero-order valence-electron chi connectivity index (χ0n) is 18.5. The Labute approximate surface area is 200 Å². The SMILES string of the molecule is C=CC[C@@](N)(C[C@@H](c1cccc(Cl)c1)[C@@H](O)c1ccc(Cl)cc1)C(=O)NC(CO)C(C)C. The maximum atomic E-state index is 13.2. The molecule has 0 bridgehead atoms. The van der Waals surface area contributed by atoms with Crippen molar-refractivity contribution < 1.29 is 15.0 Å². The third-order valence-electron chi connectivity index (χ3n) is 5.73. The van der Waals surface area contributed by atoms with E-state index in [2.05, 4.69) is 11.9 Å². The van der Waals surface area contributed by atoms with E-state index in [1.54, 1.807) is 48.5 Å². The van der Waals surface area contributed by atoms with Crippen LogP contribution in [-0.4, -0.2) is 34.3 Å². The van der Waals surface area contributed by atoms with Crippen LogP contribution in [0.1, 0.15) is 49.8 Å². The number of carbonyl (C=O) groups excluding carboxylic acids is 1. The normalized spacial score (nSPS) is 16.1. The monoisotopic (exact) mass is 478 g/mol. The second kappa shape index (κ2) is 11.8. The van der Waals surface area contributed by atoms with Gasteiger partial charge < -0.3 is 21.3 Å². The number of halogens is 2. The molecule has 174 valence electrons. The molecular formula is C25H32Cl2N2O3. The molecule has 2 rings (SSSR count). The maximum absolute atomic E-state index is 13.2. The van der Waals surface area contributed by atoms with E-state index in [0.717, 1.165) is 5.56 Å². The number of aliphatic hydroxyl groups is 2. The van der Waals surface area contributed by atoms with Gasteiger partial charge in [0.15, 0.2) is 0 Å². The van der Waals surface area contributed by atoms with Gasteiger partial charge in [0.2, 0.25) is 5.91 Å². The number of nitrogens with one attached hydrogen (secondary N) is 1. The molecule has 0 heterocycles. The number of carbonyl (C=O) groups is 1. The summed E-state index contributed by atoms with van der Waals surface area (Å²) in [5, 5.41) is 24.9. The molecule has 0 aliphatic rings. The Kier molecular flexibility index (Phi) is 9.74. The van der Waals surface area contributed by atoms with Crippen LogP contribution in [0.15, 0.2) is 61.2 Å². The molecule has 5 N–H and O–H groups in total. The van der Waals surface area contributed by atoms with Crippen molar-refractivity contribution in [2.75, 3.05) is 6.61 Å². The molecule has 0 saturated heterocycles. The van der Waals surface area contributed by atoms with Crippen LogP contribution in [0.5, 0.6) is 0 Å². The van der Waals surface area contributed by atoms with Gasteiger partial charge in [0, 0.05) is 16.0 Å². The molecule has 7 heteroatoms. The summed E-state index contributed by atoms with van der Waals surface area (Å²) in [5.41, 5.74) is 6.69. The Hall–Kier alpha value is -1.89. The second-order valence-electron chi connectivity index (χ2n) is 8.52. The van der Waals surface area contributed by atoms with Crippen molar-refractivity contribution in [3.8, 4) is 0 Å². The Morgan fingerprint density at radius 2 is 1.81 bits per heavy atom. The maximum Gasteiger partial charge on any atom is 0.240 e. The predicted octanol–water partition coefficient (Wildman–Crippen LogP) is 4.61. The summed E-state index contributed by atoms with van der Waals surface area (Å²) in [4.78, 5) is 13.2. The first kappa shape index (κ1) is 26.4. The van der Waals surface area contributed by atoms with Crippen molar-refractivity contribution in [1.82, 2.24) is 5.32 Å². The summed E-state index contributed by atoms with van der Waals surface area (Å²) >= 11 is 12.2. The fourth-order valence-electron chi connectivity index (χ4n) is 3.70. The topological polar surface area (TPSA) is 95.6 Å². The Balaban J connectivity index is 2.44. The standard InChI is InChI=1S/C25H32Cl2N2O3/c1-4-12-25(28,24(32)29-22(15-30)16(2)3)14-21(18-6-5-7-20(27)13-18)23(31)17-8-10-19(26)11-9-17/h4-11,13,16,21-23,30-31H,1,12,14-15,28H2,2-3H3,(H,29,32)/t21-,22?,23-,25+/m0/s1. The molecule has 4 atom stereocenters. The molecule has 5 nitrogen and oxygen atoms in total. The van der Waals surface area contributed by atoms with E-state index in [1.807, 2.05) is 19.9 Å². The predicted molar refractivity (Wildman–Crippen MR) is 131 cm³/mol. The van der Waals surface area contributed by atoms with Gasteiger partial charge in [-0.15, -0.1) is 6.58 Å². The summed E-state index contributed by atoms with van der Waals surface area (Å²) < 4.78 is 0. The van der Waals surface area contributed by atoms with Gasteiger partial charge in [0.05, 0.1) is 24.3 Å².